The Kier molecular flexibility index (Phi) is 3.31. The Hall–Kier alpha value is -1.85. The van der Waals surface area contributed by atoms with Crippen LogP contribution in [-0.2, 0) is 4.79 Å². The van der Waals surface area contributed by atoms with Gasteiger partial charge in [-0.2, -0.15) is 13.2 Å². The molecule has 0 aliphatic heterocycles. The van der Waals surface area contributed by atoms with Crippen molar-refractivity contribution in [2.45, 2.75) is 6.18 Å². The van der Waals surface area contributed by atoms with Crippen LogP contribution in [0.5, 0.6) is 0 Å². The van der Waals surface area contributed by atoms with Crippen LogP contribution in [0.25, 0.3) is 5.76 Å². The lowest BCUT2D eigenvalue weighted by Gasteiger charge is -2.02. The Bertz CT molecular complexity index is 417. The normalized spacial score (nSPS) is 12.6. The molecule has 1 aromatic rings. The second-order valence-electron chi connectivity index (χ2n) is 2.90. The van der Waals surface area contributed by atoms with Crippen LogP contribution in [-0.4, -0.2) is 17.1 Å². The second-order valence-corrected chi connectivity index (χ2v) is 2.90. The van der Waals surface area contributed by atoms with Crippen LogP contribution in [0, 0.1) is 5.82 Å². The third-order valence-electron chi connectivity index (χ3n) is 1.69. The van der Waals surface area contributed by atoms with Crippen molar-refractivity contribution in [2.75, 3.05) is 0 Å². The summed E-state index contributed by atoms with van der Waals surface area (Å²) >= 11 is 0. The molecule has 0 saturated heterocycles. The van der Waals surface area contributed by atoms with Crippen molar-refractivity contribution < 1.29 is 27.5 Å². The van der Waals surface area contributed by atoms with E-state index < -0.39 is 23.5 Å². The van der Waals surface area contributed by atoms with Crippen molar-refractivity contribution in [1.82, 2.24) is 0 Å². The molecule has 6 heteroatoms. The fourth-order valence-corrected chi connectivity index (χ4v) is 0.910. The summed E-state index contributed by atoms with van der Waals surface area (Å²) < 4.78 is 47.9. The zero-order chi connectivity index (χ0) is 12.3. The minimum Gasteiger partial charge on any atom is -0.507 e. The molecule has 0 unspecified atom stereocenters. The molecule has 0 aromatic heterocycles. The number of hydrogen-bond donors (Lipinski definition) is 1. The first-order valence-corrected chi connectivity index (χ1v) is 4.08. The predicted molar refractivity (Wildman–Crippen MR) is 48.1 cm³/mol. The first kappa shape index (κ1) is 12.2. The summed E-state index contributed by atoms with van der Waals surface area (Å²) in [6.07, 6.45) is -4.98. The summed E-state index contributed by atoms with van der Waals surface area (Å²) in [5.41, 5.74) is -0.0704. The third-order valence-corrected chi connectivity index (χ3v) is 1.69. The van der Waals surface area contributed by atoms with Crippen molar-refractivity contribution in [3.05, 3.63) is 41.7 Å². The summed E-state index contributed by atoms with van der Waals surface area (Å²) in [6, 6.07) is 4.03. The summed E-state index contributed by atoms with van der Waals surface area (Å²) in [5.74, 6) is -3.63. The Morgan fingerprint density at radius 1 is 1.19 bits per heavy atom. The zero-order valence-corrected chi connectivity index (χ0v) is 7.75. The van der Waals surface area contributed by atoms with Crippen LogP contribution >= 0.6 is 0 Å². The van der Waals surface area contributed by atoms with E-state index in [4.69, 9.17) is 5.11 Å². The van der Waals surface area contributed by atoms with Gasteiger partial charge < -0.3 is 5.11 Å². The zero-order valence-electron chi connectivity index (χ0n) is 7.75. The quantitative estimate of drug-likeness (QED) is 0.485. The van der Waals surface area contributed by atoms with E-state index in [1.165, 1.54) is 0 Å². The molecular formula is C10H6F4O2. The van der Waals surface area contributed by atoms with E-state index in [2.05, 4.69) is 0 Å². The highest BCUT2D eigenvalue weighted by Gasteiger charge is 2.36. The number of rotatable bonds is 2. The number of hydrogen-bond acceptors (Lipinski definition) is 2. The minimum atomic E-state index is -5.03. The number of benzene rings is 1. The van der Waals surface area contributed by atoms with Gasteiger partial charge in [0.1, 0.15) is 11.6 Å². The molecule has 0 spiro atoms. The first-order valence-electron chi connectivity index (χ1n) is 4.08. The number of aliphatic hydroxyl groups is 1. The molecule has 0 amide bonds. The highest BCUT2D eigenvalue weighted by molar-refractivity contribution is 5.99. The molecule has 0 fully saturated rings. The number of alkyl halides is 3. The van der Waals surface area contributed by atoms with E-state index in [9.17, 15) is 22.4 Å². The SMILES string of the molecule is O=C(/C=C(\O)c1ccc(F)cc1)C(F)(F)F. The fraction of sp³-hybridized carbons (Fsp3) is 0.100. The van der Waals surface area contributed by atoms with Gasteiger partial charge in [-0.15, -0.1) is 0 Å². The van der Waals surface area contributed by atoms with Gasteiger partial charge in [0.25, 0.3) is 5.78 Å². The Balaban J connectivity index is 2.94. The maximum absolute atomic E-state index is 12.5. The molecule has 0 atom stereocenters. The van der Waals surface area contributed by atoms with Gasteiger partial charge >= 0.3 is 6.18 Å². The standard InChI is InChI=1S/C10H6F4O2/c11-7-3-1-6(2-4-7)8(15)5-9(16)10(12,13)14/h1-5,15H/b8-5-. The smallest absolute Gasteiger partial charge is 0.454 e. The van der Waals surface area contributed by atoms with Gasteiger partial charge in [-0.25, -0.2) is 4.39 Å². The van der Waals surface area contributed by atoms with Crippen LogP contribution in [0.2, 0.25) is 0 Å². The average Bonchev–Trinajstić information content (AvgIpc) is 2.17. The Morgan fingerprint density at radius 2 is 1.69 bits per heavy atom. The Labute approximate surface area is 87.8 Å². The van der Waals surface area contributed by atoms with Crippen molar-refractivity contribution in [2.24, 2.45) is 0 Å². The molecule has 0 heterocycles. The summed E-state index contributed by atoms with van der Waals surface area (Å²) in [5, 5.41) is 9.16. The highest BCUT2D eigenvalue weighted by atomic mass is 19.4. The molecule has 0 bridgehead atoms. The maximum Gasteiger partial charge on any atom is 0.454 e. The molecule has 2 nitrogen and oxygen atoms in total. The maximum atomic E-state index is 12.5. The summed E-state index contributed by atoms with van der Waals surface area (Å²) in [7, 11) is 0. The van der Waals surface area contributed by atoms with Gasteiger partial charge in [-0.05, 0) is 24.3 Å². The van der Waals surface area contributed by atoms with E-state index in [0.717, 1.165) is 24.3 Å². The molecule has 1 rings (SSSR count). The molecular weight excluding hydrogens is 228 g/mol. The summed E-state index contributed by atoms with van der Waals surface area (Å²) in [6.45, 7) is 0. The van der Waals surface area contributed by atoms with Gasteiger partial charge in [0, 0.05) is 11.6 Å². The number of allylic oxidation sites excluding steroid dienone is 1. The van der Waals surface area contributed by atoms with Crippen LogP contribution in [0.1, 0.15) is 5.56 Å². The number of carbonyl (C=O) groups excluding carboxylic acids is 1. The monoisotopic (exact) mass is 234 g/mol. The van der Waals surface area contributed by atoms with Gasteiger partial charge in [0.05, 0.1) is 0 Å². The van der Waals surface area contributed by atoms with Crippen molar-refractivity contribution in [3.63, 3.8) is 0 Å². The van der Waals surface area contributed by atoms with Gasteiger partial charge in [0.2, 0.25) is 0 Å². The topological polar surface area (TPSA) is 37.3 Å². The van der Waals surface area contributed by atoms with Gasteiger partial charge in [-0.3, -0.25) is 4.79 Å². The molecule has 16 heavy (non-hydrogen) atoms. The molecule has 1 N–H and O–H groups in total. The second kappa shape index (κ2) is 4.34. The largest absolute Gasteiger partial charge is 0.507 e. The van der Waals surface area contributed by atoms with Crippen molar-refractivity contribution >= 4 is 11.5 Å². The van der Waals surface area contributed by atoms with Crippen LogP contribution in [0.3, 0.4) is 0 Å². The van der Waals surface area contributed by atoms with E-state index in [1.807, 2.05) is 0 Å². The summed E-state index contributed by atoms with van der Waals surface area (Å²) in [4.78, 5) is 10.5. The fourth-order valence-electron chi connectivity index (χ4n) is 0.910. The van der Waals surface area contributed by atoms with Crippen molar-refractivity contribution in [3.8, 4) is 0 Å². The molecule has 0 aliphatic rings. The van der Waals surface area contributed by atoms with Crippen molar-refractivity contribution in [1.29, 1.82) is 0 Å². The lowest BCUT2D eigenvalue weighted by molar-refractivity contribution is -0.165. The van der Waals surface area contributed by atoms with E-state index in [0.29, 0.717) is 0 Å². The molecule has 0 saturated carbocycles. The van der Waals surface area contributed by atoms with Gasteiger partial charge in [0.15, 0.2) is 0 Å². The third kappa shape index (κ3) is 3.08. The number of halogens is 4. The van der Waals surface area contributed by atoms with E-state index >= 15 is 0 Å². The highest BCUT2D eigenvalue weighted by Crippen LogP contribution is 2.19. The number of ketones is 1. The van der Waals surface area contributed by atoms with Crippen LogP contribution in [0.15, 0.2) is 30.3 Å². The van der Waals surface area contributed by atoms with E-state index in [-0.39, 0.29) is 11.6 Å². The molecule has 1 aromatic carbocycles. The van der Waals surface area contributed by atoms with E-state index in [1.54, 1.807) is 0 Å². The molecule has 86 valence electrons. The average molecular weight is 234 g/mol. The predicted octanol–water partition coefficient (Wildman–Crippen LogP) is 2.86. The van der Waals surface area contributed by atoms with Crippen LogP contribution in [0.4, 0.5) is 17.6 Å². The number of carbonyl (C=O) groups is 1. The first-order chi connectivity index (χ1) is 7.30. The Morgan fingerprint density at radius 3 is 2.12 bits per heavy atom. The molecule has 0 radical (unpaired) electrons. The minimum absolute atomic E-state index is 0.0488. The van der Waals surface area contributed by atoms with Crippen LogP contribution < -0.4 is 0 Å². The lowest BCUT2D eigenvalue weighted by atomic mass is 10.1. The lowest BCUT2D eigenvalue weighted by Crippen LogP contribution is -2.20. The number of aliphatic hydroxyl groups excluding tert-OH is 1. The molecule has 0 aliphatic carbocycles. The van der Waals surface area contributed by atoms with Gasteiger partial charge in [-0.1, -0.05) is 0 Å².